The van der Waals surface area contributed by atoms with Crippen LogP contribution in [0.25, 0.3) is 0 Å². The van der Waals surface area contributed by atoms with Crippen molar-refractivity contribution in [3.05, 3.63) is 59.7 Å². The van der Waals surface area contributed by atoms with Gasteiger partial charge >= 0.3 is 0 Å². The Labute approximate surface area is 133 Å². The highest BCUT2D eigenvalue weighted by Crippen LogP contribution is 2.32. The zero-order valence-electron chi connectivity index (χ0n) is 12.9. The Morgan fingerprint density at radius 2 is 1.73 bits per heavy atom. The van der Waals surface area contributed by atoms with Crippen LogP contribution < -0.4 is 0 Å². The van der Waals surface area contributed by atoms with Gasteiger partial charge in [-0.25, -0.2) is 0 Å². The van der Waals surface area contributed by atoms with Gasteiger partial charge in [0.05, 0.1) is 17.7 Å². The monoisotopic (exact) mass is 290 g/mol. The van der Waals surface area contributed by atoms with E-state index in [9.17, 15) is 0 Å². The molecule has 0 radical (unpaired) electrons. The molecule has 0 unspecified atom stereocenters. The predicted molar refractivity (Wildman–Crippen MR) is 88.8 cm³/mol. The lowest BCUT2D eigenvalue weighted by Crippen LogP contribution is -2.13. The average molecular weight is 290 g/mol. The van der Waals surface area contributed by atoms with E-state index in [0.29, 0.717) is 5.92 Å². The standard InChI is InChI=1S/C20H22N2/c21-15-3-1-2-4-17-5-7-18(8-6-17)9-10-19-11-13-20(16-22)14-12-19/h1-4,11-14,17-18H,5-10H2/b3-1+,4-2+. The van der Waals surface area contributed by atoms with Crippen molar-refractivity contribution in [2.45, 2.75) is 38.5 Å². The van der Waals surface area contributed by atoms with Gasteiger partial charge in [-0.15, -0.1) is 0 Å². The summed E-state index contributed by atoms with van der Waals surface area (Å²) in [4.78, 5) is 0. The molecular formula is C20H22N2. The average Bonchev–Trinajstić information content (AvgIpc) is 2.58. The molecule has 0 amide bonds. The molecule has 1 aromatic rings. The number of rotatable bonds is 5. The van der Waals surface area contributed by atoms with E-state index in [1.165, 1.54) is 43.7 Å². The second kappa shape index (κ2) is 8.85. The van der Waals surface area contributed by atoms with Gasteiger partial charge in [-0.05, 0) is 68.1 Å². The molecule has 0 aromatic heterocycles. The Kier molecular flexibility index (Phi) is 6.46. The van der Waals surface area contributed by atoms with E-state index >= 15 is 0 Å². The van der Waals surface area contributed by atoms with Crippen LogP contribution in [0.15, 0.2) is 48.6 Å². The minimum absolute atomic E-state index is 0.675. The fourth-order valence-electron chi connectivity index (χ4n) is 3.11. The Morgan fingerprint density at radius 1 is 1.00 bits per heavy atom. The van der Waals surface area contributed by atoms with Crippen molar-refractivity contribution < 1.29 is 0 Å². The van der Waals surface area contributed by atoms with Gasteiger partial charge in [0.15, 0.2) is 0 Å². The maximum Gasteiger partial charge on any atom is 0.0991 e. The molecule has 1 aliphatic rings. The van der Waals surface area contributed by atoms with Gasteiger partial charge in [-0.3, -0.25) is 0 Å². The molecule has 112 valence electrons. The lowest BCUT2D eigenvalue weighted by molar-refractivity contribution is 0.296. The van der Waals surface area contributed by atoms with Gasteiger partial charge in [-0.2, -0.15) is 10.5 Å². The molecule has 1 fully saturated rings. The number of nitrogens with zero attached hydrogens (tertiary/aromatic N) is 2. The van der Waals surface area contributed by atoms with Gasteiger partial charge in [-0.1, -0.05) is 30.4 Å². The molecule has 1 aliphatic carbocycles. The second-order valence-electron chi connectivity index (χ2n) is 6.00. The van der Waals surface area contributed by atoms with Gasteiger partial charge in [0.2, 0.25) is 0 Å². The summed E-state index contributed by atoms with van der Waals surface area (Å²) in [7, 11) is 0. The van der Waals surface area contributed by atoms with Crippen molar-refractivity contribution in [2.75, 3.05) is 0 Å². The van der Waals surface area contributed by atoms with E-state index in [0.717, 1.165) is 17.9 Å². The van der Waals surface area contributed by atoms with Crippen molar-refractivity contribution in [3.63, 3.8) is 0 Å². The molecule has 0 bridgehead atoms. The molecular weight excluding hydrogens is 268 g/mol. The molecule has 0 saturated heterocycles. The number of nitriles is 2. The minimum Gasteiger partial charge on any atom is -0.193 e. The third kappa shape index (κ3) is 5.23. The molecule has 0 heterocycles. The van der Waals surface area contributed by atoms with Crippen molar-refractivity contribution >= 4 is 0 Å². The van der Waals surface area contributed by atoms with E-state index < -0.39 is 0 Å². The summed E-state index contributed by atoms with van der Waals surface area (Å²) in [5, 5.41) is 17.2. The van der Waals surface area contributed by atoms with Gasteiger partial charge < -0.3 is 0 Å². The smallest absolute Gasteiger partial charge is 0.0991 e. The van der Waals surface area contributed by atoms with Crippen molar-refractivity contribution in [2.24, 2.45) is 11.8 Å². The largest absolute Gasteiger partial charge is 0.193 e. The molecule has 0 N–H and O–H groups in total. The van der Waals surface area contributed by atoms with Gasteiger partial charge in [0.25, 0.3) is 0 Å². The van der Waals surface area contributed by atoms with E-state index in [1.807, 2.05) is 30.4 Å². The highest BCUT2D eigenvalue weighted by Gasteiger charge is 2.19. The fourth-order valence-corrected chi connectivity index (χ4v) is 3.11. The number of hydrogen-bond donors (Lipinski definition) is 0. The molecule has 2 rings (SSSR count). The van der Waals surface area contributed by atoms with Gasteiger partial charge in [0, 0.05) is 6.08 Å². The minimum atomic E-state index is 0.675. The normalized spacial score (nSPS) is 21.7. The number of aryl methyl sites for hydroxylation is 1. The molecule has 1 aromatic carbocycles. The van der Waals surface area contributed by atoms with Crippen molar-refractivity contribution in [1.82, 2.24) is 0 Å². The number of hydrogen-bond acceptors (Lipinski definition) is 2. The number of benzene rings is 1. The summed E-state index contributed by atoms with van der Waals surface area (Å²) in [5.74, 6) is 1.50. The first kappa shape index (κ1) is 16.1. The third-order valence-corrected chi connectivity index (χ3v) is 4.48. The molecule has 22 heavy (non-hydrogen) atoms. The maximum absolute atomic E-state index is 8.80. The van der Waals surface area contributed by atoms with Crippen LogP contribution in [0, 0.1) is 34.5 Å². The molecule has 1 saturated carbocycles. The van der Waals surface area contributed by atoms with Crippen molar-refractivity contribution in [1.29, 1.82) is 10.5 Å². The zero-order valence-corrected chi connectivity index (χ0v) is 12.9. The highest BCUT2D eigenvalue weighted by molar-refractivity contribution is 5.31. The SMILES string of the molecule is N#C/C=C/C=C/C1CCC(CCc2ccc(C#N)cc2)CC1. The zero-order chi connectivity index (χ0) is 15.6. The Hall–Kier alpha value is -2.32. The molecule has 0 atom stereocenters. The van der Waals surface area contributed by atoms with Crippen molar-refractivity contribution in [3.8, 4) is 12.1 Å². The van der Waals surface area contributed by atoms with Crippen LogP contribution in [0.2, 0.25) is 0 Å². The van der Waals surface area contributed by atoms with Crippen LogP contribution in [0.5, 0.6) is 0 Å². The summed E-state index contributed by atoms with van der Waals surface area (Å²) in [5.41, 5.74) is 2.07. The fraction of sp³-hybridized carbons (Fsp3) is 0.400. The predicted octanol–water partition coefficient (Wildman–Crippen LogP) is 4.93. The Bertz CT molecular complexity index is 588. The first-order chi connectivity index (χ1) is 10.8. The molecule has 2 heteroatoms. The van der Waals surface area contributed by atoms with E-state index in [-0.39, 0.29) is 0 Å². The summed E-state index contributed by atoms with van der Waals surface area (Å²) in [6.07, 6.45) is 15.1. The van der Waals surface area contributed by atoms with Crippen LogP contribution in [-0.4, -0.2) is 0 Å². The third-order valence-electron chi connectivity index (χ3n) is 4.48. The summed E-state index contributed by atoms with van der Waals surface area (Å²) < 4.78 is 0. The molecule has 0 aliphatic heterocycles. The summed E-state index contributed by atoms with van der Waals surface area (Å²) in [6, 6.07) is 12.1. The number of allylic oxidation sites excluding steroid dienone is 4. The highest BCUT2D eigenvalue weighted by atomic mass is 14.2. The van der Waals surface area contributed by atoms with E-state index in [1.54, 1.807) is 0 Å². The molecule has 0 spiro atoms. The lowest BCUT2D eigenvalue weighted by atomic mass is 9.79. The Balaban J connectivity index is 1.71. The summed E-state index contributed by atoms with van der Waals surface area (Å²) >= 11 is 0. The topological polar surface area (TPSA) is 47.6 Å². The van der Waals surface area contributed by atoms with Crippen LogP contribution in [-0.2, 0) is 6.42 Å². The van der Waals surface area contributed by atoms with Crippen LogP contribution in [0.1, 0.15) is 43.2 Å². The first-order valence-corrected chi connectivity index (χ1v) is 8.04. The van der Waals surface area contributed by atoms with Crippen LogP contribution in [0.3, 0.4) is 0 Å². The quantitative estimate of drug-likeness (QED) is 0.570. The summed E-state index contributed by atoms with van der Waals surface area (Å²) in [6.45, 7) is 0. The Morgan fingerprint density at radius 3 is 2.36 bits per heavy atom. The maximum atomic E-state index is 8.80. The molecule has 2 nitrogen and oxygen atoms in total. The van der Waals surface area contributed by atoms with E-state index in [4.69, 9.17) is 10.5 Å². The van der Waals surface area contributed by atoms with Crippen LogP contribution >= 0.6 is 0 Å². The second-order valence-corrected chi connectivity index (χ2v) is 6.00. The van der Waals surface area contributed by atoms with E-state index in [2.05, 4.69) is 24.3 Å². The van der Waals surface area contributed by atoms with Gasteiger partial charge in [0.1, 0.15) is 0 Å². The lowest BCUT2D eigenvalue weighted by Gasteiger charge is -2.26. The first-order valence-electron chi connectivity index (χ1n) is 8.04. The van der Waals surface area contributed by atoms with Crippen LogP contribution in [0.4, 0.5) is 0 Å².